The number of imidazole rings is 1. The Morgan fingerprint density at radius 3 is 2.13 bits per heavy atom. The van der Waals surface area contributed by atoms with Crippen LogP contribution in [0.3, 0.4) is 0 Å². The van der Waals surface area contributed by atoms with Crippen LogP contribution in [0.2, 0.25) is 17.3 Å². The number of halogens is 1. The Kier molecular flexibility index (Phi) is 13.8. The van der Waals surface area contributed by atoms with E-state index in [1.165, 1.54) is 32.6 Å². The Morgan fingerprint density at radius 1 is 0.705 bits per heavy atom. The number of nitrogens with zero attached hydrogens (tertiary/aromatic N) is 6. The first-order valence-electron chi connectivity index (χ1n) is 28.0. The summed E-state index contributed by atoms with van der Waals surface area (Å²) in [6, 6.07) is 58.1. The van der Waals surface area contributed by atoms with Gasteiger partial charge in [-0.1, -0.05) is 93.2 Å². The largest absolute Gasteiger partial charge is 0.331 e. The molecule has 0 aliphatic rings. The van der Waals surface area contributed by atoms with E-state index < -0.39 is 26.0 Å². The predicted octanol–water partition coefficient (Wildman–Crippen LogP) is 18.1. The van der Waals surface area contributed by atoms with Gasteiger partial charge in [0.25, 0.3) is 0 Å². The zero-order valence-electron chi connectivity index (χ0n) is 49.0. The molecule has 5 heterocycles. The molecule has 0 bridgehead atoms. The van der Waals surface area contributed by atoms with Crippen molar-refractivity contribution in [2.75, 3.05) is 0 Å². The van der Waals surface area contributed by atoms with Crippen LogP contribution in [0.1, 0.15) is 92.8 Å². The fourth-order valence-electron chi connectivity index (χ4n) is 10.4. The zero-order valence-corrected chi connectivity index (χ0v) is 50.3. The van der Waals surface area contributed by atoms with E-state index in [9.17, 15) is 9.65 Å². The molecule has 7 aromatic carbocycles. The number of rotatable bonds is 9. The molecule has 78 heavy (non-hydrogen) atoms. The van der Waals surface area contributed by atoms with Crippen LogP contribution in [0.4, 0.5) is 4.39 Å². The standard InChI is InChI=1S/C45H34N5S.C23H25FGeN.Ir/c1-25(2)37-22-32(31-16-15-28-9-6-7-10-30(28)21-31)23-38(26(3)4)41(37)50-42-39(20-17-29-14-13-27(5)47-40(29)42)49-44(50)36-12-8-11-34-35-19-18-33(24-46)48-45(35)51-43(34)36;1-16(2)19-14-23(26-15-22(19)25(3,4)5)18-11-12-21(24)20(13-18)17-9-7-6-8-10-17;/h6-11,13-23,25-26H,1-5H3;6-10,12-16H,1-5H3;/q2*-1;/i5D3;16D;. The Labute approximate surface area is 482 Å². The first-order valence-corrected chi connectivity index (χ1v) is 34.2. The minimum Gasteiger partial charge on any atom is -0.331 e. The molecule has 389 valence electrons. The molecule has 0 saturated carbocycles. The van der Waals surface area contributed by atoms with Crippen molar-refractivity contribution in [2.45, 2.75) is 83.4 Å². The SMILES string of the molecule is [2H]C(C)(C)c1cc(-c2[c-]cc(F)c(-c3ccccc3)c2)nc[c]1[Ge]([CH3])([CH3])[CH3].[2H]C([2H])([2H])c1ccc2ccc3nc(-c4[c-]ccc5c4sc4nc(C#N)ccc45)n(-c4c(C(C)C)cc(-c5ccc6ccccc6c5)cc4C(C)C)c3c2n1.[Ir]. The van der Waals surface area contributed by atoms with E-state index in [1.807, 2.05) is 92.8 Å². The number of nitriles is 1. The molecule has 5 aromatic heterocycles. The van der Waals surface area contributed by atoms with E-state index in [-0.39, 0.29) is 43.5 Å². The molecule has 10 heteroatoms. The average molecular weight is 1280 g/mol. The molecule has 0 unspecified atom stereocenters. The van der Waals surface area contributed by atoms with E-state index in [0.717, 1.165) is 87.1 Å². The van der Waals surface area contributed by atoms with Crippen molar-refractivity contribution in [2.24, 2.45) is 0 Å². The molecule has 0 saturated heterocycles. The van der Waals surface area contributed by atoms with Gasteiger partial charge < -0.3 is 4.57 Å². The number of benzene rings is 7. The summed E-state index contributed by atoms with van der Waals surface area (Å²) in [5, 5.41) is 14.8. The minimum absolute atomic E-state index is 0. The first-order chi connectivity index (χ1) is 38.6. The molecule has 0 aliphatic heterocycles. The molecule has 0 aliphatic carbocycles. The Morgan fingerprint density at radius 2 is 1.42 bits per heavy atom. The van der Waals surface area contributed by atoms with Crippen LogP contribution in [-0.4, -0.2) is 37.8 Å². The van der Waals surface area contributed by atoms with Crippen LogP contribution in [0.25, 0.3) is 104 Å². The fraction of sp³-hybridized carbons (Fsp3) is 0.191. The summed E-state index contributed by atoms with van der Waals surface area (Å²) in [6.07, 6.45) is 1.93. The number of hydrogen-bond acceptors (Lipinski definition) is 6. The van der Waals surface area contributed by atoms with Gasteiger partial charge in [0.2, 0.25) is 0 Å². The van der Waals surface area contributed by atoms with Gasteiger partial charge in [-0.05, 0) is 92.8 Å². The fourth-order valence-corrected chi connectivity index (χ4v) is 14.9. The van der Waals surface area contributed by atoms with Gasteiger partial charge in [0, 0.05) is 46.4 Å². The molecule has 12 rings (SSSR count). The second-order valence-corrected chi connectivity index (χ2v) is 33.1. The molecule has 0 fully saturated rings. The molecule has 6 nitrogen and oxygen atoms in total. The normalized spacial score (nSPS) is 12.8. The summed E-state index contributed by atoms with van der Waals surface area (Å²) in [4.78, 5) is 20.3. The summed E-state index contributed by atoms with van der Waals surface area (Å²) in [7, 11) is 0. The van der Waals surface area contributed by atoms with Crippen molar-refractivity contribution < 1.29 is 30.0 Å². The number of aromatic nitrogens is 5. The van der Waals surface area contributed by atoms with Crippen molar-refractivity contribution in [3.63, 3.8) is 0 Å². The average Bonchev–Trinajstić information content (AvgIpc) is 4.25. The number of hydrogen-bond donors (Lipinski definition) is 0. The summed E-state index contributed by atoms with van der Waals surface area (Å²) < 4.78 is 52.1. The second-order valence-electron chi connectivity index (χ2n) is 21.5. The molecule has 0 amide bonds. The molecular weight excluding hydrogens is 1220 g/mol. The van der Waals surface area contributed by atoms with E-state index in [2.05, 4.69) is 132 Å². The smallest absolute Gasteiger partial charge is 0.142 e. The van der Waals surface area contributed by atoms with Gasteiger partial charge >= 0.3 is 160 Å². The second kappa shape index (κ2) is 21.9. The maximum absolute atomic E-state index is 14.4. The van der Waals surface area contributed by atoms with Gasteiger partial charge in [-0.2, -0.15) is 16.6 Å². The van der Waals surface area contributed by atoms with Gasteiger partial charge in [0.1, 0.15) is 16.6 Å². The summed E-state index contributed by atoms with van der Waals surface area (Å²) in [5.41, 5.74) is 12.6. The number of pyridine rings is 3. The quantitative estimate of drug-likeness (QED) is 0.106. The van der Waals surface area contributed by atoms with Crippen molar-refractivity contribution in [3.05, 3.63) is 204 Å². The Balaban J connectivity index is 0.000000227. The number of aryl methyl sites for hydroxylation is 1. The molecule has 12 aromatic rings. The van der Waals surface area contributed by atoms with Gasteiger partial charge in [-0.15, -0.1) is 18.2 Å². The number of fused-ring (bicyclic) bond motifs is 7. The zero-order chi connectivity index (χ0) is 57.3. The maximum atomic E-state index is 14.4. The van der Waals surface area contributed by atoms with Crippen molar-refractivity contribution in [3.8, 4) is 56.7 Å². The molecule has 0 N–H and O–H groups in total. The van der Waals surface area contributed by atoms with Gasteiger partial charge in [-0.3, -0.25) is 9.97 Å². The summed E-state index contributed by atoms with van der Waals surface area (Å²) in [6.45, 7) is 10.3. The molecule has 1 radical (unpaired) electrons. The summed E-state index contributed by atoms with van der Waals surface area (Å²) in [5.74, 6) is 6.82. The van der Waals surface area contributed by atoms with Gasteiger partial charge in [0.15, 0.2) is 0 Å². The van der Waals surface area contributed by atoms with Crippen LogP contribution < -0.4 is 4.40 Å². The van der Waals surface area contributed by atoms with Crippen molar-refractivity contribution in [1.82, 2.24) is 24.5 Å². The van der Waals surface area contributed by atoms with Crippen LogP contribution in [0, 0.1) is 36.1 Å². The third-order valence-electron chi connectivity index (χ3n) is 14.3. The van der Waals surface area contributed by atoms with Crippen LogP contribution in [-0.2, 0) is 20.1 Å². The van der Waals surface area contributed by atoms with Gasteiger partial charge in [0.05, 0.1) is 22.4 Å². The van der Waals surface area contributed by atoms with E-state index in [1.54, 1.807) is 18.2 Å². The van der Waals surface area contributed by atoms with E-state index in [4.69, 9.17) is 15.5 Å². The first kappa shape index (κ1) is 49.1. The van der Waals surface area contributed by atoms with Crippen molar-refractivity contribution in [1.29, 1.82) is 5.26 Å². The number of thiophene rings is 1. The van der Waals surface area contributed by atoms with Crippen LogP contribution in [0.5, 0.6) is 0 Å². The molecule has 0 atom stereocenters. The topological polar surface area (TPSA) is 80.3 Å². The van der Waals surface area contributed by atoms with E-state index in [0.29, 0.717) is 28.1 Å². The van der Waals surface area contributed by atoms with Crippen LogP contribution >= 0.6 is 11.3 Å². The Hall–Kier alpha value is -7.19. The minimum atomic E-state index is -2.39. The van der Waals surface area contributed by atoms with Gasteiger partial charge in [-0.25, -0.2) is 4.98 Å². The molecule has 0 spiro atoms. The third kappa shape index (κ3) is 10.2. The van der Waals surface area contributed by atoms with E-state index >= 15 is 0 Å². The Bertz CT molecular complexity index is 4450. The maximum Gasteiger partial charge on any atom is 0.142 e. The predicted molar refractivity (Wildman–Crippen MR) is 323 cm³/mol. The molecular formula is C68H59FGeIrN6S-2. The third-order valence-corrected chi connectivity index (χ3v) is 19.7. The van der Waals surface area contributed by atoms with Crippen molar-refractivity contribution >= 4 is 82.0 Å². The monoisotopic (exact) mass is 1280 g/mol. The van der Waals surface area contributed by atoms with Crippen LogP contribution in [0.15, 0.2) is 158 Å². The summed E-state index contributed by atoms with van der Waals surface area (Å²) >= 11 is -0.650.